The van der Waals surface area contributed by atoms with Crippen molar-refractivity contribution >= 4 is 29.5 Å². The second kappa shape index (κ2) is 9.80. The second-order valence-corrected chi connectivity index (χ2v) is 3.92. The smallest absolute Gasteiger partial charge is 0.150 e. The van der Waals surface area contributed by atoms with E-state index < -0.39 is 0 Å². The highest BCUT2D eigenvalue weighted by atomic mass is 35.5. The van der Waals surface area contributed by atoms with Crippen LogP contribution in [-0.2, 0) is 6.42 Å². The van der Waals surface area contributed by atoms with Crippen molar-refractivity contribution in [1.29, 1.82) is 0 Å². The van der Waals surface area contributed by atoms with Gasteiger partial charge in [-0.15, -0.1) is 0 Å². The molecule has 0 bridgehead atoms. The minimum Gasteiger partial charge on any atom is -0.298 e. The molecule has 5 heteroatoms. The summed E-state index contributed by atoms with van der Waals surface area (Å²) in [6, 6.07) is 3.00. The van der Waals surface area contributed by atoms with Crippen LogP contribution in [0.5, 0.6) is 0 Å². The molecule has 0 amide bonds. The maximum absolute atomic E-state index is 11.8. The molecule has 0 radical (unpaired) electrons. The van der Waals surface area contributed by atoms with Crippen LogP contribution in [0.3, 0.4) is 0 Å². The Balaban J connectivity index is 0.000000631. The summed E-state index contributed by atoms with van der Waals surface area (Å²) in [7, 11) is 0. The van der Waals surface area contributed by atoms with Crippen LogP contribution in [0.15, 0.2) is 36.9 Å². The molecule has 1 rings (SSSR count). The van der Waals surface area contributed by atoms with Crippen LogP contribution in [0.2, 0.25) is 10.0 Å². The van der Waals surface area contributed by atoms with E-state index in [4.69, 9.17) is 23.2 Å². The number of aldehydes is 1. The summed E-state index contributed by atoms with van der Waals surface area (Å²) in [6.07, 6.45) is 4.54. The summed E-state index contributed by atoms with van der Waals surface area (Å²) in [5.74, 6) is 0. The molecule has 0 saturated carbocycles. The Kier molecular flexibility index (Phi) is 9.15. The van der Waals surface area contributed by atoms with Crippen LogP contribution >= 0.6 is 23.2 Å². The molecule has 0 fully saturated rings. The van der Waals surface area contributed by atoms with Crippen molar-refractivity contribution in [1.82, 2.24) is 0 Å². The fraction of sp³-hybridized carbons (Fsp3) is 0.154. The van der Waals surface area contributed by atoms with Gasteiger partial charge in [0.15, 0.2) is 0 Å². The molecule has 1 aromatic carbocycles. The summed E-state index contributed by atoms with van der Waals surface area (Å²) in [6.45, 7) is 1.62. The molecule has 0 unspecified atom stereocenters. The minimum atomic E-state index is 0.313. The lowest BCUT2D eigenvalue weighted by Gasteiger charge is -2.04. The molecule has 98 valence electrons. The monoisotopic (exact) mass is 292 g/mol. The number of hydrogen-bond donors (Lipinski definition) is 0. The molecule has 1 aromatic rings. The standard InChI is InChI=1S/C10H7Cl2FO.C3H5F/c11-9-4-7(6-14)5-10(12)8(9)2-1-3-13;1-2-3-4/h1,3-6H,2H2;2-3H,1H3/b3-1+;3-2+. The zero-order chi connectivity index (χ0) is 14.0. The Labute approximate surface area is 115 Å². The third-order valence-corrected chi connectivity index (χ3v) is 2.51. The lowest BCUT2D eigenvalue weighted by molar-refractivity contribution is 0.112. The quantitative estimate of drug-likeness (QED) is 0.689. The lowest BCUT2D eigenvalue weighted by Crippen LogP contribution is -1.89. The fourth-order valence-electron chi connectivity index (χ4n) is 1.05. The molecule has 1 nitrogen and oxygen atoms in total. The van der Waals surface area contributed by atoms with E-state index in [1.54, 1.807) is 6.92 Å². The van der Waals surface area contributed by atoms with E-state index in [9.17, 15) is 13.6 Å². The van der Waals surface area contributed by atoms with E-state index >= 15 is 0 Å². The summed E-state index contributed by atoms with van der Waals surface area (Å²) in [5, 5.41) is 0.746. The summed E-state index contributed by atoms with van der Waals surface area (Å²) in [4.78, 5) is 10.4. The van der Waals surface area contributed by atoms with Crippen LogP contribution in [-0.4, -0.2) is 6.29 Å². The fourth-order valence-corrected chi connectivity index (χ4v) is 1.71. The first kappa shape index (κ1) is 16.8. The Morgan fingerprint density at radius 3 is 2.00 bits per heavy atom. The molecule has 0 aliphatic rings. The Morgan fingerprint density at radius 1 is 1.17 bits per heavy atom. The van der Waals surface area contributed by atoms with Gasteiger partial charge in [-0.25, -0.2) is 8.78 Å². The van der Waals surface area contributed by atoms with E-state index in [1.807, 2.05) is 0 Å². The van der Waals surface area contributed by atoms with Crippen LogP contribution < -0.4 is 0 Å². The van der Waals surface area contributed by atoms with Crippen LogP contribution in [0.25, 0.3) is 0 Å². The molecule has 0 atom stereocenters. The van der Waals surface area contributed by atoms with Gasteiger partial charge in [0.25, 0.3) is 0 Å². The van der Waals surface area contributed by atoms with E-state index in [0.29, 0.717) is 46.5 Å². The topological polar surface area (TPSA) is 17.1 Å². The van der Waals surface area contributed by atoms with Gasteiger partial charge in [-0.2, -0.15) is 0 Å². The largest absolute Gasteiger partial charge is 0.298 e. The van der Waals surface area contributed by atoms with Crippen molar-refractivity contribution in [3.8, 4) is 0 Å². The average Bonchev–Trinajstić information content (AvgIpc) is 2.38. The number of carbonyl (C=O) groups is 1. The SMILES string of the molecule is C/C=C/F.O=Cc1cc(Cl)c(C/C=C/F)c(Cl)c1. The van der Waals surface area contributed by atoms with Crippen LogP contribution in [0.1, 0.15) is 22.8 Å². The number of benzene rings is 1. The van der Waals surface area contributed by atoms with Crippen molar-refractivity contribution < 1.29 is 13.6 Å². The average molecular weight is 293 g/mol. The Morgan fingerprint density at radius 2 is 1.67 bits per heavy atom. The van der Waals surface area contributed by atoms with Gasteiger partial charge < -0.3 is 0 Å². The number of rotatable bonds is 3. The molecule has 0 aliphatic heterocycles. The summed E-state index contributed by atoms with van der Waals surface area (Å²) in [5.41, 5.74) is 1.03. The zero-order valence-electron chi connectivity index (χ0n) is 9.67. The van der Waals surface area contributed by atoms with Crippen molar-refractivity contribution in [2.24, 2.45) is 0 Å². The van der Waals surface area contributed by atoms with E-state index in [0.717, 1.165) is 0 Å². The molecule has 0 saturated heterocycles. The molecule has 0 N–H and O–H groups in total. The molecule has 18 heavy (non-hydrogen) atoms. The lowest BCUT2D eigenvalue weighted by atomic mass is 10.1. The summed E-state index contributed by atoms with van der Waals surface area (Å²) < 4.78 is 22.3. The molecular formula is C13H12Cl2F2O. The van der Waals surface area contributed by atoms with E-state index in [1.165, 1.54) is 24.3 Å². The highest BCUT2D eigenvalue weighted by Gasteiger charge is 2.06. The molecule has 0 aromatic heterocycles. The third kappa shape index (κ3) is 5.94. The van der Waals surface area contributed by atoms with Gasteiger partial charge in [0, 0.05) is 15.6 Å². The van der Waals surface area contributed by atoms with Gasteiger partial charge in [0.05, 0.1) is 12.7 Å². The van der Waals surface area contributed by atoms with Gasteiger partial charge in [-0.3, -0.25) is 4.79 Å². The maximum atomic E-state index is 11.8. The first-order valence-electron chi connectivity index (χ1n) is 5.00. The third-order valence-electron chi connectivity index (χ3n) is 1.84. The van der Waals surface area contributed by atoms with Crippen molar-refractivity contribution in [2.45, 2.75) is 13.3 Å². The van der Waals surface area contributed by atoms with E-state index in [-0.39, 0.29) is 0 Å². The summed E-state index contributed by atoms with van der Waals surface area (Å²) >= 11 is 11.7. The van der Waals surface area contributed by atoms with Crippen molar-refractivity contribution in [3.05, 3.63) is 58.1 Å². The van der Waals surface area contributed by atoms with Crippen LogP contribution in [0.4, 0.5) is 8.78 Å². The molecule has 0 heterocycles. The predicted octanol–water partition coefficient (Wildman–Crippen LogP) is 5.32. The maximum Gasteiger partial charge on any atom is 0.150 e. The number of hydrogen-bond acceptors (Lipinski definition) is 1. The van der Waals surface area contributed by atoms with Gasteiger partial charge in [-0.1, -0.05) is 35.4 Å². The van der Waals surface area contributed by atoms with Gasteiger partial charge in [0.2, 0.25) is 0 Å². The Hall–Kier alpha value is -1.19. The van der Waals surface area contributed by atoms with E-state index in [2.05, 4.69) is 0 Å². The normalized spacial score (nSPS) is 10.5. The first-order chi connectivity index (χ1) is 8.60. The second-order valence-electron chi connectivity index (χ2n) is 3.11. The number of carbonyl (C=O) groups excluding carboxylic acids is 1. The Bertz CT molecular complexity index is 416. The van der Waals surface area contributed by atoms with Gasteiger partial charge in [-0.05, 0) is 31.0 Å². The first-order valence-corrected chi connectivity index (χ1v) is 5.76. The number of halogens is 4. The highest BCUT2D eigenvalue weighted by Crippen LogP contribution is 2.26. The molecule has 0 aliphatic carbocycles. The minimum absolute atomic E-state index is 0.313. The highest BCUT2D eigenvalue weighted by molar-refractivity contribution is 6.36. The van der Waals surface area contributed by atoms with Gasteiger partial charge >= 0.3 is 0 Å². The number of allylic oxidation sites excluding steroid dienone is 2. The van der Waals surface area contributed by atoms with Crippen LogP contribution in [0, 0.1) is 0 Å². The zero-order valence-corrected chi connectivity index (χ0v) is 11.2. The molecular weight excluding hydrogens is 281 g/mol. The van der Waals surface area contributed by atoms with Crippen molar-refractivity contribution in [2.75, 3.05) is 0 Å². The molecule has 0 spiro atoms. The van der Waals surface area contributed by atoms with Gasteiger partial charge in [0.1, 0.15) is 6.29 Å². The van der Waals surface area contributed by atoms with Crippen molar-refractivity contribution in [3.63, 3.8) is 0 Å². The predicted molar refractivity (Wildman–Crippen MR) is 71.7 cm³/mol.